The number of hydrogen-bond donors (Lipinski definition) is 1. The number of nitrogens with zero attached hydrogens (tertiary/aromatic N) is 3. The van der Waals surface area contributed by atoms with Crippen molar-refractivity contribution in [2.75, 3.05) is 25.0 Å². The van der Waals surface area contributed by atoms with Gasteiger partial charge < -0.3 is 10.2 Å². The summed E-state index contributed by atoms with van der Waals surface area (Å²) in [5.41, 5.74) is 0.0471. The highest BCUT2D eigenvalue weighted by Crippen LogP contribution is 2.21. The highest BCUT2D eigenvalue weighted by molar-refractivity contribution is 5.79. The fraction of sp³-hybridized carbons (Fsp3) is 0.353. The van der Waals surface area contributed by atoms with Crippen LogP contribution < -0.4 is 15.8 Å². The van der Waals surface area contributed by atoms with Crippen LogP contribution in [0.1, 0.15) is 12.8 Å². The summed E-state index contributed by atoms with van der Waals surface area (Å²) < 4.78 is 14.6. The van der Waals surface area contributed by atoms with Gasteiger partial charge in [-0.25, -0.2) is 4.39 Å². The van der Waals surface area contributed by atoms with Gasteiger partial charge in [-0.1, -0.05) is 6.07 Å². The summed E-state index contributed by atoms with van der Waals surface area (Å²) in [6.07, 6.45) is 1.71. The van der Waals surface area contributed by atoms with Gasteiger partial charge in [0.05, 0.1) is 11.6 Å². The molecular weight excluding hydrogens is 311 g/mol. The number of aromatic nitrogens is 2. The van der Waals surface area contributed by atoms with Crippen LogP contribution in [0, 0.1) is 11.7 Å². The number of carbonyl (C=O) groups excluding carboxylic acids is 1. The highest BCUT2D eigenvalue weighted by Gasteiger charge is 2.26. The number of carbonyl (C=O) groups is 1. The van der Waals surface area contributed by atoms with Crippen molar-refractivity contribution >= 4 is 11.7 Å². The molecule has 1 aromatic carbocycles. The van der Waals surface area contributed by atoms with E-state index in [1.165, 1.54) is 28.9 Å². The first kappa shape index (κ1) is 16.2. The molecule has 24 heavy (non-hydrogen) atoms. The molecule has 1 aliphatic heterocycles. The van der Waals surface area contributed by atoms with Crippen LogP contribution in [0.2, 0.25) is 0 Å². The Morgan fingerprint density at radius 1 is 1.33 bits per heavy atom. The molecule has 2 heterocycles. The largest absolute Gasteiger partial charge is 0.359 e. The zero-order valence-corrected chi connectivity index (χ0v) is 13.4. The molecule has 1 saturated heterocycles. The molecule has 0 saturated carbocycles. The van der Waals surface area contributed by atoms with E-state index in [-0.39, 0.29) is 17.4 Å². The maximum atomic E-state index is 13.4. The maximum Gasteiger partial charge on any atom is 0.271 e. The molecule has 0 spiro atoms. The molecule has 1 atom stereocenters. The van der Waals surface area contributed by atoms with Crippen molar-refractivity contribution in [1.82, 2.24) is 15.1 Å². The van der Waals surface area contributed by atoms with Gasteiger partial charge in [0.2, 0.25) is 5.91 Å². The molecule has 3 rings (SSSR count). The van der Waals surface area contributed by atoms with E-state index in [1.54, 1.807) is 19.2 Å². The summed E-state index contributed by atoms with van der Waals surface area (Å²) in [5.74, 6) is 0.0926. The molecule has 0 aliphatic carbocycles. The molecule has 1 aromatic heterocycles. The van der Waals surface area contributed by atoms with Gasteiger partial charge >= 0.3 is 0 Å². The molecular formula is C17H19FN4O2. The zero-order valence-electron chi connectivity index (χ0n) is 13.4. The second kappa shape index (κ2) is 6.82. The van der Waals surface area contributed by atoms with Crippen LogP contribution in [0.15, 0.2) is 41.2 Å². The molecule has 1 aliphatic rings. The fourth-order valence-electron chi connectivity index (χ4n) is 2.97. The van der Waals surface area contributed by atoms with E-state index >= 15 is 0 Å². The minimum absolute atomic E-state index is 0.0122. The second-order valence-electron chi connectivity index (χ2n) is 5.82. The summed E-state index contributed by atoms with van der Waals surface area (Å²) in [6.45, 7) is 1.32. The van der Waals surface area contributed by atoms with E-state index in [9.17, 15) is 14.0 Å². The predicted molar refractivity (Wildman–Crippen MR) is 88.8 cm³/mol. The number of rotatable bonds is 3. The number of anilines is 1. The Balaban J connectivity index is 1.91. The van der Waals surface area contributed by atoms with Gasteiger partial charge in [0.25, 0.3) is 5.56 Å². The average Bonchev–Trinajstić information content (AvgIpc) is 2.61. The lowest BCUT2D eigenvalue weighted by atomic mass is 9.97. The molecule has 1 N–H and O–H groups in total. The Labute approximate surface area is 138 Å². The Morgan fingerprint density at radius 2 is 2.17 bits per heavy atom. The van der Waals surface area contributed by atoms with Gasteiger partial charge in [0.1, 0.15) is 11.6 Å². The number of benzene rings is 1. The topological polar surface area (TPSA) is 67.2 Å². The monoisotopic (exact) mass is 330 g/mol. The van der Waals surface area contributed by atoms with E-state index in [0.717, 1.165) is 19.4 Å². The zero-order chi connectivity index (χ0) is 17.1. The van der Waals surface area contributed by atoms with E-state index in [0.29, 0.717) is 18.1 Å². The van der Waals surface area contributed by atoms with E-state index < -0.39 is 5.82 Å². The Bertz CT molecular complexity index is 805. The molecule has 1 amide bonds. The van der Waals surface area contributed by atoms with Crippen LogP contribution in [0.5, 0.6) is 0 Å². The molecule has 6 nitrogen and oxygen atoms in total. The van der Waals surface area contributed by atoms with Crippen molar-refractivity contribution in [1.29, 1.82) is 0 Å². The SMILES string of the molecule is CNC(=O)[C@@H]1CCCN(c2ccc(=O)n(-c3cccc(F)c3)n2)C1. The molecule has 1 fully saturated rings. The van der Waals surface area contributed by atoms with Crippen molar-refractivity contribution < 1.29 is 9.18 Å². The summed E-state index contributed by atoms with van der Waals surface area (Å²) >= 11 is 0. The summed E-state index contributed by atoms with van der Waals surface area (Å²) in [7, 11) is 1.63. The second-order valence-corrected chi connectivity index (χ2v) is 5.82. The molecule has 7 heteroatoms. The van der Waals surface area contributed by atoms with Crippen molar-refractivity contribution in [3.8, 4) is 5.69 Å². The van der Waals surface area contributed by atoms with Crippen LogP contribution >= 0.6 is 0 Å². The van der Waals surface area contributed by atoms with Gasteiger partial charge in [-0.2, -0.15) is 4.68 Å². The Kier molecular flexibility index (Phi) is 4.59. The van der Waals surface area contributed by atoms with E-state index in [4.69, 9.17) is 0 Å². The number of piperidine rings is 1. The average molecular weight is 330 g/mol. The first-order valence-corrected chi connectivity index (χ1v) is 7.91. The van der Waals surface area contributed by atoms with E-state index in [2.05, 4.69) is 10.4 Å². The Morgan fingerprint density at radius 3 is 2.92 bits per heavy atom. The van der Waals surface area contributed by atoms with Crippen LogP contribution in [0.3, 0.4) is 0 Å². The lowest BCUT2D eigenvalue weighted by Crippen LogP contribution is -2.43. The Hall–Kier alpha value is -2.70. The smallest absolute Gasteiger partial charge is 0.271 e. The quantitative estimate of drug-likeness (QED) is 0.922. The molecule has 2 aromatic rings. The third-order valence-corrected chi connectivity index (χ3v) is 4.20. The van der Waals surface area contributed by atoms with Gasteiger partial charge in [0.15, 0.2) is 0 Å². The first-order valence-electron chi connectivity index (χ1n) is 7.91. The molecule has 0 bridgehead atoms. The van der Waals surface area contributed by atoms with Gasteiger partial charge in [0, 0.05) is 26.2 Å². The van der Waals surface area contributed by atoms with Crippen LogP contribution in [0.4, 0.5) is 10.2 Å². The lowest BCUT2D eigenvalue weighted by molar-refractivity contribution is -0.124. The summed E-state index contributed by atoms with van der Waals surface area (Å²) in [5, 5.41) is 7.04. The van der Waals surface area contributed by atoms with Crippen LogP contribution in [0.25, 0.3) is 5.69 Å². The number of hydrogen-bond acceptors (Lipinski definition) is 4. The highest BCUT2D eigenvalue weighted by atomic mass is 19.1. The number of halogens is 1. The van der Waals surface area contributed by atoms with Crippen molar-refractivity contribution in [2.24, 2.45) is 5.92 Å². The van der Waals surface area contributed by atoms with Gasteiger partial charge in [-0.05, 0) is 37.1 Å². The lowest BCUT2D eigenvalue weighted by Gasteiger charge is -2.32. The normalized spacial score (nSPS) is 17.6. The van der Waals surface area contributed by atoms with Crippen molar-refractivity contribution in [2.45, 2.75) is 12.8 Å². The van der Waals surface area contributed by atoms with Crippen molar-refractivity contribution in [3.63, 3.8) is 0 Å². The van der Waals surface area contributed by atoms with E-state index in [1.807, 2.05) is 4.90 Å². The first-order chi connectivity index (χ1) is 11.6. The minimum atomic E-state index is -0.427. The molecule has 0 radical (unpaired) electrons. The predicted octanol–water partition coefficient (Wildman–Crippen LogP) is 1.33. The maximum absolute atomic E-state index is 13.4. The molecule has 0 unspecified atom stereocenters. The summed E-state index contributed by atoms with van der Waals surface area (Å²) in [6, 6.07) is 8.80. The minimum Gasteiger partial charge on any atom is -0.359 e. The number of amides is 1. The van der Waals surface area contributed by atoms with Gasteiger partial charge in [-0.15, -0.1) is 5.10 Å². The summed E-state index contributed by atoms with van der Waals surface area (Å²) in [4.78, 5) is 25.9. The van der Waals surface area contributed by atoms with Crippen LogP contribution in [-0.4, -0.2) is 35.8 Å². The third-order valence-electron chi connectivity index (χ3n) is 4.20. The standard InChI is InChI=1S/C17H19FN4O2/c1-19-17(24)12-4-3-9-21(11-12)15-7-8-16(23)22(20-15)14-6-2-5-13(18)10-14/h2,5-8,10,12H,3-4,9,11H2,1H3,(H,19,24)/t12-/m1/s1. The van der Waals surface area contributed by atoms with Gasteiger partial charge in [-0.3, -0.25) is 9.59 Å². The van der Waals surface area contributed by atoms with Crippen LogP contribution in [-0.2, 0) is 4.79 Å². The third kappa shape index (κ3) is 3.29. The van der Waals surface area contributed by atoms with Crippen molar-refractivity contribution in [3.05, 3.63) is 52.6 Å². The number of nitrogens with one attached hydrogen (secondary N) is 1. The molecule has 126 valence electrons. The fourth-order valence-corrected chi connectivity index (χ4v) is 2.97.